The molecule has 0 aliphatic carbocycles. The van der Waals surface area contributed by atoms with Crippen LogP contribution in [0, 0.1) is 6.92 Å². The number of amides is 1. The van der Waals surface area contributed by atoms with Gasteiger partial charge in [-0.05, 0) is 43.7 Å². The summed E-state index contributed by atoms with van der Waals surface area (Å²) in [7, 11) is -3.72. The number of sulfonamides is 1. The molecule has 2 aromatic rings. The molecular formula is C21H28N2O4S2. The molecule has 0 atom stereocenters. The number of anilines is 1. The van der Waals surface area contributed by atoms with Crippen molar-refractivity contribution in [3.05, 3.63) is 48.0 Å². The molecule has 0 unspecified atom stereocenters. The summed E-state index contributed by atoms with van der Waals surface area (Å²) in [6, 6.07) is 12.6. The molecule has 0 radical (unpaired) electrons. The van der Waals surface area contributed by atoms with Crippen LogP contribution in [0.1, 0.15) is 26.3 Å². The minimum absolute atomic E-state index is 0.0624. The summed E-state index contributed by atoms with van der Waals surface area (Å²) in [5, 5.41) is 2.79. The SMILES string of the molecule is CCOc1ccc(NC(=O)CSc2ccccc2C)cc1S(=O)(=O)N(CC)CC. The van der Waals surface area contributed by atoms with E-state index < -0.39 is 10.0 Å². The summed E-state index contributed by atoms with van der Waals surface area (Å²) < 4.78 is 32.9. The Morgan fingerprint density at radius 2 is 1.79 bits per heavy atom. The second-order valence-corrected chi connectivity index (χ2v) is 9.21. The molecular weight excluding hydrogens is 408 g/mol. The monoisotopic (exact) mass is 436 g/mol. The first-order chi connectivity index (χ1) is 13.8. The molecule has 0 heterocycles. The number of benzene rings is 2. The highest BCUT2D eigenvalue weighted by Gasteiger charge is 2.26. The molecule has 0 bridgehead atoms. The van der Waals surface area contributed by atoms with Crippen molar-refractivity contribution in [1.29, 1.82) is 0 Å². The van der Waals surface area contributed by atoms with Crippen LogP contribution >= 0.6 is 11.8 Å². The molecule has 0 fully saturated rings. The number of carbonyl (C=O) groups is 1. The van der Waals surface area contributed by atoms with Crippen LogP contribution in [0.2, 0.25) is 0 Å². The first-order valence-corrected chi connectivity index (χ1v) is 12.0. The maximum Gasteiger partial charge on any atom is 0.246 e. The Morgan fingerprint density at radius 1 is 1.10 bits per heavy atom. The summed E-state index contributed by atoms with van der Waals surface area (Å²) in [4.78, 5) is 13.5. The van der Waals surface area contributed by atoms with E-state index in [2.05, 4.69) is 5.32 Å². The van der Waals surface area contributed by atoms with Crippen LogP contribution in [0.25, 0.3) is 0 Å². The van der Waals surface area contributed by atoms with Gasteiger partial charge in [0.15, 0.2) is 0 Å². The van der Waals surface area contributed by atoms with Crippen LogP contribution in [-0.2, 0) is 14.8 Å². The van der Waals surface area contributed by atoms with Gasteiger partial charge >= 0.3 is 0 Å². The van der Waals surface area contributed by atoms with Gasteiger partial charge in [-0.15, -0.1) is 11.8 Å². The fourth-order valence-electron chi connectivity index (χ4n) is 2.82. The highest BCUT2D eigenvalue weighted by molar-refractivity contribution is 8.00. The maximum absolute atomic E-state index is 13.0. The zero-order chi connectivity index (χ0) is 21.4. The van der Waals surface area contributed by atoms with Gasteiger partial charge in [-0.1, -0.05) is 32.0 Å². The summed E-state index contributed by atoms with van der Waals surface area (Å²) in [5.41, 5.74) is 1.54. The molecule has 1 amide bonds. The zero-order valence-electron chi connectivity index (χ0n) is 17.3. The van der Waals surface area contributed by atoms with E-state index in [1.807, 2.05) is 31.2 Å². The lowest BCUT2D eigenvalue weighted by atomic mass is 10.2. The molecule has 6 nitrogen and oxygen atoms in total. The van der Waals surface area contributed by atoms with Gasteiger partial charge in [0.2, 0.25) is 15.9 Å². The van der Waals surface area contributed by atoms with E-state index in [1.54, 1.807) is 32.9 Å². The Labute approximate surface area is 177 Å². The lowest BCUT2D eigenvalue weighted by Crippen LogP contribution is -2.31. The third kappa shape index (κ3) is 5.98. The van der Waals surface area contributed by atoms with Crippen molar-refractivity contribution in [3.63, 3.8) is 0 Å². The van der Waals surface area contributed by atoms with Crippen LogP contribution in [0.4, 0.5) is 5.69 Å². The normalized spacial score (nSPS) is 11.5. The van der Waals surface area contributed by atoms with Crippen molar-refractivity contribution in [1.82, 2.24) is 4.31 Å². The number of ether oxygens (including phenoxy) is 1. The van der Waals surface area contributed by atoms with Crippen molar-refractivity contribution in [3.8, 4) is 5.75 Å². The predicted octanol–water partition coefficient (Wildman–Crippen LogP) is 4.16. The van der Waals surface area contributed by atoms with Crippen LogP contribution in [0.15, 0.2) is 52.3 Å². The smallest absolute Gasteiger partial charge is 0.246 e. The molecule has 0 saturated carbocycles. The van der Waals surface area contributed by atoms with Gasteiger partial charge in [-0.25, -0.2) is 8.42 Å². The number of hydrogen-bond acceptors (Lipinski definition) is 5. The molecule has 29 heavy (non-hydrogen) atoms. The highest BCUT2D eigenvalue weighted by Crippen LogP contribution is 2.30. The van der Waals surface area contributed by atoms with E-state index in [0.717, 1.165) is 10.5 Å². The number of nitrogens with zero attached hydrogens (tertiary/aromatic N) is 1. The second kappa shape index (κ2) is 10.7. The predicted molar refractivity (Wildman–Crippen MR) is 118 cm³/mol. The second-order valence-electron chi connectivity index (χ2n) is 6.29. The summed E-state index contributed by atoms with van der Waals surface area (Å²) in [6.07, 6.45) is 0. The first-order valence-electron chi connectivity index (χ1n) is 9.58. The molecule has 0 saturated heterocycles. The summed E-state index contributed by atoms with van der Waals surface area (Å²) >= 11 is 1.44. The van der Waals surface area contributed by atoms with E-state index in [0.29, 0.717) is 25.4 Å². The highest BCUT2D eigenvalue weighted by atomic mass is 32.2. The molecule has 0 aromatic heterocycles. The van der Waals surface area contributed by atoms with E-state index in [-0.39, 0.29) is 22.3 Å². The minimum atomic E-state index is -3.72. The van der Waals surface area contributed by atoms with Crippen LogP contribution in [0.5, 0.6) is 5.75 Å². The molecule has 0 aliphatic heterocycles. The fraction of sp³-hybridized carbons (Fsp3) is 0.381. The quantitative estimate of drug-likeness (QED) is 0.566. The van der Waals surface area contributed by atoms with Crippen molar-refractivity contribution in [2.45, 2.75) is 37.5 Å². The average molecular weight is 437 g/mol. The van der Waals surface area contributed by atoms with Crippen LogP contribution in [-0.4, -0.2) is 44.1 Å². The number of rotatable bonds is 10. The minimum Gasteiger partial charge on any atom is -0.492 e. The molecule has 2 aromatic carbocycles. The van der Waals surface area contributed by atoms with Crippen molar-refractivity contribution >= 4 is 33.4 Å². The number of aryl methyl sites for hydroxylation is 1. The molecule has 2 rings (SSSR count). The van der Waals surface area contributed by atoms with Gasteiger partial charge in [-0.2, -0.15) is 4.31 Å². The Hall–Kier alpha value is -2.03. The third-order valence-corrected chi connectivity index (χ3v) is 7.55. The first kappa shape index (κ1) is 23.3. The Morgan fingerprint density at radius 3 is 2.41 bits per heavy atom. The van der Waals surface area contributed by atoms with Crippen molar-refractivity contribution < 1.29 is 17.9 Å². The molecule has 0 spiro atoms. The van der Waals surface area contributed by atoms with E-state index >= 15 is 0 Å². The van der Waals surface area contributed by atoms with Gasteiger partial charge in [0.25, 0.3) is 0 Å². The summed E-state index contributed by atoms with van der Waals surface area (Å²) in [6.45, 7) is 8.43. The fourth-order valence-corrected chi connectivity index (χ4v) is 5.27. The van der Waals surface area contributed by atoms with E-state index in [9.17, 15) is 13.2 Å². The van der Waals surface area contributed by atoms with Crippen molar-refractivity contribution in [2.24, 2.45) is 0 Å². The Kier molecular flexibility index (Phi) is 8.55. The number of nitrogens with one attached hydrogen (secondary N) is 1. The van der Waals surface area contributed by atoms with Crippen molar-refractivity contribution in [2.75, 3.05) is 30.8 Å². The Balaban J connectivity index is 2.21. The maximum atomic E-state index is 13.0. The largest absolute Gasteiger partial charge is 0.492 e. The van der Waals surface area contributed by atoms with Crippen LogP contribution in [0.3, 0.4) is 0 Å². The van der Waals surface area contributed by atoms with Gasteiger partial charge in [0.05, 0.1) is 12.4 Å². The molecule has 1 N–H and O–H groups in total. The number of carbonyl (C=O) groups excluding carboxylic acids is 1. The van der Waals surface area contributed by atoms with Crippen LogP contribution < -0.4 is 10.1 Å². The average Bonchev–Trinajstić information content (AvgIpc) is 2.69. The number of hydrogen-bond donors (Lipinski definition) is 1. The molecule has 158 valence electrons. The third-order valence-electron chi connectivity index (χ3n) is 4.30. The van der Waals surface area contributed by atoms with Gasteiger partial charge in [0.1, 0.15) is 10.6 Å². The topological polar surface area (TPSA) is 75.7 Å². The molecule has 8 heteroatoms. The lowest BCUT2D eigenvalue weighted by molar-refractivity contribution is -0.113. The summed E-state index contributed by atoms with van der Waals surface area (Å²) in [5.74, 6) is 0.316. The lowest BCUT2D eigenvalue weighted by Gasteiger charge is -2.21. The van der Waals surface area contributed by atoms with Gasteiger partial charge in [-0.3, -0.25) is 4.79 Å². The van der Waals surface area contributed by atoms with Gasteiger partial charge < -0.3 is 10.1 Å². The zero-order valence-corrected chi connectivity index (χ0v) is 18.9. The molecule has 0 aliphatic rings. The standard InChI is InChI=1S/C21H28N2O4S2/c1-5-23(6-2)29(25,26)20-14-17(12-13-18(20)27-7-3)22-21(24)15-28-19-11-9-8-10-16(19)4/h8-14H,5-7,15H2,1-4H3,(H,22,24). The van der Waals surface area contributed by atoms with E-state index in [1.165, 1.54) is 22.1 Å². The van der Waals surface area contributed by atoms with Gasteiger partial charge in [0, 0.05) is 23.7 Å². The Bertz CT molecular complexity index is 941. The number of thioether (sulfide) groups is 1. The van der Waals surface area contributed by atoms with E-state index in [4.69, 9.17) is 4.74 Å².